The van der Waals surface area contributed by atoms with Crippen LogP contribution in [0.3, 0.4) is 0 Å². The van der Waals surface area contributed by atoms with E-state index in [4.69, 9.17) is 5.11 Å². The lowest BCUT2D eigenvalue weighted by Gasteiger charge is -2.25. The minimum absolute atomic E-state index is 0.352. The van der Waals surface area contributed by atoms with Crippen LogP contribution in [0.4, 0.5) is 0 Å². The van der Waals surface area contributed by atoms with Gasteiger partial charge in [0.15, 0.2) is 0 Å². The van der Waals surface area contributed by atoms with Gasteiger partial charge in [0.2, 0.25) is 0 Å². The molecular formula is C15H19NO2. The Hall–Kier alpha value is -1.61. The van der Waals surface area contributed by atoms with Crippen LogP contribution in [0.2, 0.25) is 0 Å². The maximum absolute atomic E-state index is 11.0. The Labute approximate surface area is 108 Å². The molecule has 1 fully saturated rings. The van der Waals surface area contributed by atoms with E-state index in [0.29, 0.717) is 5.92 Å². The van der Waals surface area contributed by atoms with Crippen LogP contribution in [0.1, 0.15) is 24.0 Å². The minimum Gasteiger partial charge on any atom is -0.478 e. The van der Waals surface area contributed by atoms with Crippen LogP contribution in [-0.2, 0) is 4.79 Å². The monoisotopic (exact) mass is 245 g/mol. The molecule has 0 saturated carbocycles. The van der Waals surface area contributed by atoms with E-state index < -0.39 is 5.97 Å². The zero-order valence-electron chi connectivity index (χ0n) is 10.6. The van der Waals surface area contributed by atoms with E-state index in [2.05, 4.69) is 5.32 Å². The topological polar surface area (TPSA) is 49.3 Å². The van der Waals surface area contributed by atoms with Crippen molar-refractivity contribution in [3.63, 3.8) is 0 Å². The summed E-state index contributed by atoms with van der Waals surface area (Å²) in [6, 6.07) is 8.11. The van der Waals surface area contributed by atoms with E-state index in [0.717, 1.165) is 37.1 Å². The summed E-state index contributed by atoms with van der Waals surface area (Å²) in [6.07, 6.45) is 3.39. The van der Waals surface area contributed by atoms with Gasteiger partial charge in [-0.2, -0.15) is 0 Å². The number of carboxylic acids is 1. The Morgan fingerprint density at radius 3 is 2.44 bits per heavy atom. The Balaban J connectivity index is 2.30. The predicted molar refractivity (Wildman–Crippen MR) is 72.4 cm³/mol. The van der Waals surface area contributed by atoms with Gasteiger partial charge in [0.05, 0.1) is 0 Å². The summed E-state index contributed by atoms with van der Waals surface area (Å²) < 4.78 is 0. The number of carboxylic acid groups (broad SMARTS) is 1. The highest BCUT2D eigenvalue weighted by Gasteiger charge is 2.19. The van der Waals surface area contributed by atoms with Gasteiger partial charge in [-0.25, -0.2) is 4.79 Å². The second-order valence-corrected chi connectivity index (χ2v) is 4.83. The number of carbonyl (C=O) groups is 1. The summed E-state index contributed by atoms with van der Waals surface area (Å²) in [4.78, 5) is 11.0. The molecule has 0 aromatic heterocycles. The average molecular weight is 245 g/mol. The highest BCUT2D eigenvalue weighted by Crippen LogP contribution is 2.30. The molecule has 0 atom stereocenters. The standard InChI is InChI=1S/C15H19NO2/c1-11-2-4-12(5-3-11)14(10-15(17)18)13-6-8-16-9-7-13/h2-5,10,13,16H,6-9H2,1H3,(H,17,18)/b14-10-. The molecule has 1 aromatic rings. The van der Waals surface area contributed by atoms with E-state index in [-0.39, 0.29) is 0 Å². The summed E-state index contributed by atoms with van der Waals surface area (Å²) in [6.45, 7) is 3.97. The zero-order chi connectivity index (χ0) is 13.0. The molecule has 3 heteroatoms. The Morgan fingerprint density at radius 2 is 1.89 bits per heavy atom. The lowest BCUT2D eigenvalue weighted by atomic mass is 9.85. The second-order valence-electron chi connectivity index (χ2n) is 4.83. The van der Waals surface area contributed by atoms with Crippen molar-refractivity contribution >= 4 is 11.5 Å². The van der Waals surface area contributed by atoms with Gasteiger partial charge in [0, 0.05) is 6.08 Å². The number of allylic oxidation sites excluding steroid dienone is 1. The van der Waals surface area contributed by atoms with E-state index in [1.807, 2.05) is 31.2 Å². The molecule has 1 aromatic carbocycles. The fourth-order valence-electron chi connectivity index (χ4n) is 2.45. The molecule has 2 rings (SSSR count). The maximum Gasteiger partial charge on any atom is 0.328 e. The first-order chi connectivity index (χ1) is 8.66. The van der Waals surface area contributed by atoms with Crippen molar-refractivity contribution in [2.75, 3.05) is 13.1 Å². The van der Waals surface area contributed by atoms with Crippen molar-refractivity contribution in [3.8, 4) is 0 Å². The number of rotatable bonds is 3. The van der Waals surface area contributed by atoms with Crippen molar-refractivity contribution in [1.82, 2.24) is 5.32 Å². The fraction of sp³-hybridized carbons (Fsp3) is 0.400. The van der Waals surface area contributed by atoms with E-state index in [1.54, 1.807) is 0 Å². The van der Waals surface area contributed by atoms with Crippen molar-refractivity contribution < 1.29 is 9.90 Å². The first kappa shape index (κ1) is 12.8. The minimum atomic E-state index is -0.857. The number of piperidine rings is 1. The van der Waals surface area contributed by atoms with Crippen molar-refractivity contribution in [1.29, 1.82) is 0 Å². The van der Waals surface area contributed by atoms with Gasteiger partial charge in [0.25, 0.3) is 0 Å². The summed E-state index contributed by atoms with van der Waals surface area (Å²) in [5.74, 6) is -0.505. The van der Waals surface area contributed by atoms with Gasteiger partial charge in [-0.1, -0.05) is 29.8 Å². The Kier molecular flexibility index (Phi) is 4.15. The first-order valence-electron chi connectivity index (χ1n) is 6.39. The lowest BCUT2D eigenvalue weighted by Crippen LogP contribution is -2.28. The van der Waals surface area contributed by atoms with E-state index in [1.165, 1.54) is 11.6 Å². The third-order valence-electron chi connectivity index (χ3n) is 3.44. The summed E-state index contributed by atoms with van der Waals surface area (Å²) in [5.41, 5.74) is 3.19. The number of benzene rings is 1. The molecule has 1 aliphatic heterocycles. The third-order valence-corrected chi connectivity index (χ3v) is 3.44. The van der Waals surface area contributed by atoms with Gasteiger partial charge >= 0.3 is 5.97 Å². The fourth-order valence-corrected chi connectivity index (χ4v) is 2.45. The highest BCUT2D eigenvalue weighted by atomic mass is 16.4. The molecule has 2 N–H and O–H groups in total. The van der Waals surface area contributed by atoms with Crippen molar-refractivity contribution in [3.05, 3.63) is 41.5 Å². The molecule has 1 heterocycles. The average Bonchev–Trinajstić information content (AvgIpc) is 2.38. The molecule has 0 unspecified atom stereocenters. The number of aliphatic carboxylic acids is 1. The Bertz CT molecular complexity index is 442. The van der Waals surface area contributed by atoms with Crippen molar-refractivity contribution in [2.24, 2.45) is 5.92 Å². The normalized spacial score (nSPS) is 17.7. The Morgan fingerprint density at radius 1 is 1.28 bits per heavy atom. The van der Waals surface area contributed by atoms with Crippen molar-refractivity contribution in [2.45, 2.75) is 19.8 Å². The largest absolute Gasteiger partial charge is 0.478 e. The zero-order valence-corrected chi connectivity index (χ0v) is 10.6. The van der Waals surface area contributed by atoms with Crippen LogP contribution in [0.5, 0.6) is 0 Å². The van der Waals surface area contributed by atoms with E-state index >= 15 is 0 Å². The van der Waals surface area contributed by atoms with Gasteiger partial charge in [0.1, 0.15) is 0 Å². The predicted octanol–water partition coefficient (Wildman–Crippen LogP) is 2.46. The molecule has 0 radical (unpaired) electrons. The molecule has 1 aliphatic rings. The van der Waals surface area contributed by atoms with E-state index in [9.17, 15) is 4.79 Å². The quantitative estimate of drug-likeness (QED) is 0.804. The molecule has 18 heavy (non-hydrogen) atoms. The number of aryl methyl sites for hydroxylation is 1. The number of hydrogen-bond acceptors (Lipinski definition) is 2. The molecule has 96 valence electrons. The molecule has 0 spiro atoms. The van der Waals surface area contributed by atoms with Crippen LogP contribution in [-0.4, -0.2) is 24.2 Å². The molecular weight excluding hydrogens is 226 g/mol. The molecule has 0 aliphatic carbocycles. The van der Waals surface area contributed by atoms with Gasteiger partial charge < -0.3 is 10.4 Å². The second kappa shape index (κ2) is 5.83. The summed E-state index contributed by atoms with van der Waals surface area (Å²) in [7, 11) is 0. The van der Waals surface area contributed by atoms with Gasteiger partial charge in [-0.3, -0.25) is 0 Å². The van der Waals surface area contributed by atoms with Crippen LogP contribution in [0, 0.1) is 12.8 Å². The summed E-state index contributed by atoms with van der Waals surface area (Å²) in [5, 5.41) is 12.3. The first-order valence-corrected chi connectivity index (χ1v) is 6.39. The number of hydrogen-bond donors (Lipinski definition) is 2. The van der Waals surface area contributed by atoms with Gasteiger partial charge in [-0.05, 0) is 49.9 Å². The number of nitrogens with one attached hydrogen (secondary N) is 1. The molecule has 0 bridgehead atoms. The lowest BCUT2D eigenvalue weighted by molar-refractivity contribution is -0.131. The van der Waals surface area contributed by atoms with Crippen LogP contribution in [0.25, 0.3) is 5.57 Å². The van der Waals surface area contributed by atoms with Crippen LogP contribution >= 0.6 is 0 Å². The molecule has 3 nitrogen and oxygen atoms in total. The van der Waals surface area contributed by atoms with Gasteiger partial charge in [-0.15, -0.1) is 0 Å². The van der Waals surface area contributed by atoms with Crippen LogP contribution in [0.15, 0.2) is 30.3 Å². The summed E-state index contributed by atoms with van der Waals surface area (Å²) >= 11 is 0. The maximum atomic E-state index is 11.0. The highest BCUT2D eigenvalue weighted by molar-refractivity contribution is 5.90. The molecule has 0 amide bonds. The molecule has 1 saturated heterocycles. The SMILES string of the molecule is Cc1ccc(/C(=C/C(=O)O)C2CCNCC2)cc1. The van der Waals surface area contributed by atoms with Crippen LogP contribution < -0.4 is 5.32 Å². The smallest absolute Gasteiger partial charge is 0.328 e. The third kappa shape index (κ3) is 3.20.